The molecule has 0 bridgehead atoms. The van der Waals surface area contributed by atoms with Gasteiger partial charge in [0, 0.05) is 22.3 Å². The average molecular weight is 346 g/mol. The van der Waals surface area contributed by atoms with Gasteiger partial charge in [0.1, 0.15) is 12.6 Å². The number of ether oxygens (including phenoxy) is 4. The summed E-state index contributed by atoms with van der Waals surface area (Å²) in [5, 5.41) is 0. The highest BCUT2D eigenvalue weighted by Crippen LogP contribution is 2.46. The Morgan fingerprint density at radius 3 is 1.24 bits per heavy atom. The summed E-state index contributed by atoms with van der Waals surface area (Å²) in [5.74, 6) is 1.64. The highest BCUT2D eigenvalue weighted by Gasteiger charge is 2.20. The molecule has 0 saturated heterocycles. The number of hydrogen-bond acceptors (Lipinski definition) is 6. The summed E-state index contributed by atoms with van der Waals surface area (Å²) in [6, 6.07) is 6.42. The van der Waals surface area contributed by atoms with E-state index in [1.807, 2.05) is 0 Å². The van der Waals surface area contributed by atoms with Crippen LogP contribution < -0.4 is 18.9 Å². The lowest BCUT2D eigenvalue weighted by Gasteiger charge is -2.18. The van der Waals surface area contributed by atoms with Gasteiger partial charge in [0.15, 0.2) is 23.0 Å². The lowest BCUT2D eigenvalue weighted by atomic mass is 9.98. The van der Waals surface area contributed by atoms with Crippen molar-refractivity contribution in [3.63, 3.8) is 0 Å². The zero-order valence-corrected chi connectivity index (χ0v) is 13.9. The molecule has 0 aromatic heterocycles. The first kappa shape index (κ1) is 20.0. The van der Waals surface area contributed by atoms with E-state index in [-0.39, 0.29) is 7.43 Å². The third-order valence-corrected chi connectivity index (χ3v) is 3.56. The van der Waals surface area contributed by atoms with Crippen LogP contribution in [0.15, 0.2) is 24.3 Å². The normalized spacial score (nSPS) is 9.60. The van der Waals surface area contributed by atoms with Crippen LogP contribution in [0.2, 0.25) is 0 Å². The number of aldehydes is 2. The van der Waals surface area contributed by atoms with E-state index in [4.69, 9.17) is 18.9 Å². The maximum atomic E-state index is 11.3. The van der Waals surface area contributed by atoms with Crippen LogP contribution in [-0.2, 0) is 0 Å². The molecule has 0 aliphatic heterocycles. The Balaban J connectivity index is 0.00000312. The highest BCUT2D eigenvalue weighted by atomic mass is 16.5. The van der Waals surface area contributed by atoms with Gasteiger partial charge in [0.05, 0.1) is 28.4 Å². The summed E-state index contributed by atoms with van der Waals surface area (Å²) in [5.41, 5.74) is 1.91. The molecule has 0 fully saturated rings. The van der Waals surface area contributed by atoms with Gasteiger partial charge in [-0.25, -0.2) is 0 Å². The van der Waals surface area contributed by atoms with Gasteiger partial charge in [-0.3, -0.25) is 9.59 Å². The van der Waals surface area contributed by atoms with E-state index in [1.54, 1.807) is 24.3 Å². The fourth-order valence-electron chi connectivity index (χ4n) is 2.51. The summed E-state index contributed by atoms with van der Waals surface area (Å²) >= 11 is 0. The second-order valence-electron chi connectivity index (χ2n) is 4.84. The lowest BCUT2D eigenvalue weighted by Crippen LogP contribution is -1.99. The van der Waals surface area contributed by atoms with Crippen LogP contribution >= 0.6 is 0 Å². The standard InChI is InChI=1S/C18H18O6.CH4/c1-21-15-7-11(9-19)5-13(17(15)23-3)14-6-12(10-20)8-16(22-2)18(14)24-4;/h5-10H,1-4H3;1H4. The van der Waals surface area contributed by atoms with Crippen LogP contribution in [0.5, 0.6) is 23.0 Å². The SMILES string of the molecule is C.COc1cc(C=O)cc(-c2cc(C=O)cc(OC)c2OC)c1OC. The summed E-state index contributed by atoms with van der Waals surface area (Å²) in [6.45, 7) is 0. The number of carbonyl (C=O) groups is 2. The largest absolute Gasteiger partial charge is 0.493 e. The molecule has 25 heavy (non-hydrogen) atoms. The molecule has 0 N–H and O–H groups in total. The van der Waals surface area contributed by atoms with Crippen molar-refractivity contribution in [2.75, 3.05) is 28.4 Å². The van der Waals surface area contributed by atoms with Crippen molar-refractivity contribution in [1.82, 2.24) is 0 Å². The second kappa shape index (κ2) is 8.73. The Morgan fingerprint density at radius 2 is 1.00 bits per heavy atom. The molecule has 0 spiro atoms. The molecule has 2 rings (SSSR count). The predicted molar refractivity (Wildman–Crippen MR) is 95.6 cm³/mol. The number of rotatable bonds is 7. The van der Waals surface area contributed by atoms with Crippen LogP contribution in [-0.4, -0.2) is 41.0 Å². The molecule has 0 atom stereocenters. The van der Waals surface area contributed by atoms with E-state index in [0.29, 0.717) is 57.8 Å². The molecule has 0 saturated carbocycles. The smallest absolute Gasteiger partial charge is 0.168 e. The highest BCUT2D eigenvalue weighted by molar-refractivity contribution is 5.90. The van der Waals surface area contributed by atoms with Gasteiger partial charge in [-0.2, -0.15) is 0 Å². The molecule has 6 heteroatoms. The van der Waals surface area contributed by atoms with Gasteiger partial charge in [0.25, 0.3) is 0 Å². The molecule has 0 heterocycles. The minimum absolute atomic E-state index is 0. The molecule has 0 aliphatic rings. The first-order valence-electron chi connectivity index (χ1n) is 7.06. The van der Waals surface area contributed by atoms with Crippen molar-refractivity contribution < 1.29 is 28.5 Å². The molecule has 0 radical (unpaired) electrons. The van der Waals surface area contributed by atoms with E-state index in [1.165, 1.54) is 28.4 Å². The van der Waals surface area contributed by atoms with Gasteiger partial charge in [-0.1, -0.05) is 7.43 Å². The summed E-state index contributed by atoms with van der Waals surface area (Å²) in [6.07, 6.45) is 1.41. The number of benzene rings is 2. The molecule has 0 aliphatic carbocycles. The third-order valence-electron chi connectivity index (χ3n) is 3.56. The number of methoxy groups -OCH3 is 4. The lowest BCUT2D eigenvalue weighted by molar-refractivity contribution is 0.111. The van der Waals surface area contributed by atoms with Crippen LogP contribution in [0.25, 0.3) is 11.1 Å². The Hall–Kier alpha value is -3.02. The van der Waals surface area contributed by atoms with Crippen molar-refractivity contribution in [1.29, 1.82) is 0 Å². The summed E-state index contributed by atoms with van der Waals surface area (Å²) in [7, 11) is 5.95. The minimum atomic E-state index is 0. The number of hydrogen-bond donors (Lipinski definition) is 0. The third kappa shape index (κ3) is 3.74. The molecule has 2 aromatic rings. The van der Waals surface area contributed by atoms with Crippen molar-refractivity contribution in [3.8, 4) is 34.1 Å². The van der Waals surface area contributed by atoms with E-state index in [0.717, 1.165) is 0 Å². The quantitative estimate of drug-likeness (QED) is 0.713. The zero-order chi connectivity index (χ0) is 17.7. The monoisotopic (exact) mass is 346 g/mol. The molecular weight excluding hydrogens is 324 g/mol. The van der Waals surface area contributed by atoms with Gasteiger partial charge in [-0.15, -0.1) is 0 Å². The summed E-state index contributed by atoms with van der Waals surface area (Å²) < 4.78 is 21.5. The molecule has 6 nitrogen and oxygen atoms in total. The predicted octanol–water partition coefficient (Wildman–Crippen LogP) is 3.65. The molecule has 2 aromatic carbocycles. The Kier molecular flexibility index (Phi) is 6.99. The maximum Gasteiger partial charge on any atom is 0.168 e. The fourth-order valence-corrected chi connectivity index (χ4v) is 2.51. The van der Waals surface area contributed by atoms with E-state index in [2.05, 4.69) is 0 Å². The Labute approximate surface area is 147 Å². The summed E-state index contributed by atoms with van der Waals surface area (Å²) in [4.78, 5) is 22.5. The first-order chi connectivity index (χ1) is 11.6. The average Bonchev–Trinajstić information content (AvgIpc) is 2.65. The molecule has 0 unspecified atom stereocenters. The molecule has 0 amide bonds. The van der Waals surface area contributed by atoms with Crippen molar-refractivity contribution in [2.45, 2.75) is 7.43 Å². The van der Waals surface area contributed by atoms with E-state index < -0.39 is 0 Å². The number of carbonyl (C=O) groups excluding carboxylic acids is 2. The maximum absolute atomic E-state index is 11.3. The van der Waals surface area contributed by atoms with Crippen LogP contribution in [0, 0.1) is 0 Å². The van der Waals surface area contributed by atoms with Crippen LogP contribution in [0.3, 0.4) is 0 Å². The van der Waals surface area contributed by atoms with E-state index in [9.17, 15) is 9.59 Å². The van der Waals surface area contributed by atoms with Gasteiger partial charge >= 0.3 is 0 Å². The van der Waals surface area contributed by atoms with Crippen molar-refractivity contribution in [2.24, 2.45) is 0 Å². The van der Waals surface area contributed by atoms with Crippen molar-refractivity contribution >= 4 is 12.6 Å². The van der Waals surface area contributed by atoms with E-state index >= 15 is 0 Å². The molecular formula is C19H22O6. The van der Waals surface area contributed by atoms with Gasteiger partial charge in [0.2, 0.25) is 0 Å². The van der Waals surface area contributed by atoms with Crippen LogP contribution in [0.1, 0.15) is 28.1 Å². The minimum Gasteiger partial charge on any atom is -0.493 e. The Morgan fingerprint density at radius 1 is 0.640 bits per heavy atom. The van der Waals surface area contributed by atoms with Crippen LogP contribution in [0.4, 0.5) is 0 Å². The zero-order valence-electron chi connectivity index (χ0n) is 13.9. The van der Waals surface area contributed by atoms with Gasteiger partial charge in [-0.05, 0) is 24.3 Å². The second-order valence-corrected chi connectivity index (χ2v) is 4.84. The topological polar surface area (TPSA) is 71.1 Å². The fraction of sp³-hybridized carbons (Fsp3) is 0.263. The van der Waals surface area contributed by atoms with Crippen molar-refractivity contribution in [3.05, 3.63) is 35.4 Å². The van der Waals surface area contributed by atoms with Gasteiger partial charge < -0.3 is 18.9 Å². The first-order valence-corrected chi connectivity index (χ1v) is 7.06. The molecule has 134 valence electrons. The Bertz CT molecular complexity index is 701.